The molecule has 0 spiro atoms. The van der Waals surface area contributed by atoms with Crippen molar-refractivity contribution < 1.29 is 17.8 Å². The Labute approximate surface area is 274 Å². The summed E-state index contributed by atoms with van der Waals surface area (Å²) in [6.07, 6.45) is 0. The van der Waals surface area contributed by atoms with Crippen molar-refractivity contribution in [2.24, 2.45) is 0 Å². The second-order valence-corrected chi connectivity index (χ2v) is 10.7. The maximum atomic E-state index is 9.29. The summed E-state index contributed by atoms with van der Waals surface area (Å²) in [5, 5.41) is 4.99. The highest BCUT2D eigenvalue weighted by Crippen LogP contribution is 2.45. The van der Waals surface area contributed by atoms with E-state index in [9.17, 15) is 5.48 Å². The van der Waals surface area contributed by atoms with Gasteiger partial charge in [0, 0.05) is 0 Å². The van der Waals surface area contributed by atoms with Crippen LogP contribution >= 0.6 is 0 Å². The van der Waals surface area contributed by atoms with Crippen molar-refractivity contribution in [1.82, 2.24) is 0 Å². The zero-order chi connectivity index (χ0) is 40.3. The summed E-state index contributed by atoms with van der Waals surface area (Å²) in [7, 11) is 0. The van der Waals surface area contributed by atoms with Crippen LogP contribution in [0.25, 0.3) is 87.2 Å². The van der Waals surface area contributed by atoms with E-state index in [0.717, 1.165) is 43.4 Å². The van der Waals surface area contributed by atoms with Crippen molar-refractivity contribution in [3.05, 3.63) is 170 Å². The number of fused-ring (bicyclic) bond motifs is 6. The SMILES string of the molecule is [2H]c1c([2H])c([2H])c(-c2c3c([2H])c([2H])c([2H])c([2H])c3c(-c3ccc4cc(-c5ccc6ccccc6c5)c5ccccc5c4c3)c3c([2H])c([2H])c([2H])c([2H])c23)c([2H])c1[2H]. The van der Waals surface area contributed by atoms with Gasteiger partial charge in [0.2, 0.25) is 0 Å². The molecule has 204 valence electrons. The molecule has 44 heavy (non-hydrogen) atoms. The molecule has 0 N–H and O–H groups in total. The molecule has 0 aromatic heterocycles. The molecule has 0 aliphatic carbocycles. The Morgan fingerprint density at radius 3 is 1.57 bits per heavy atom. The van der Waals surface area contributed by atoms with Crippen molar-refractivity contribution in [2.45, 2.75) is 0 Å². The Bertz CT molecular complexity index is 3170. The lowest BCUT2D eigenvalue weighted by Gasteiger charge is -2.18. The molecule has 0 heterocycles. The van der Waals surface area contributed by atoms with Crippen LogP contribution in [0.4, 0.5) is 0 Å². The minimum atomic E-state index is -0.706. The van der Waals surface area contributed by atoms with E-state index >= 15 is 0 Å². The zero-order valence-corrected chi connectivity index (χ0v) is 23.2. The summed E-state index contributed by atoms with van der Waals surface area (Å²) in [6, 6.07) is 21.7. The van der Waals surface area contributed by atoms with Crippen molar-refractivity contribution in [1.29, 1.82) is 0 Å². The van der Waals surface area contributed by atoms with Crippen molar-refractivity contribution in [3.8, 4) is 33.4 Å². The first kappa shape index (κ1) is 15.1. The second kappa shape index (κ2) is 9.93. The van der Waals surface area contributed by atoms with Crippen LogP contribution in [0, 0.1) is 0 Å². The summed E-state index contributed by atoms with van der Waals surface area (Å²) < 4.78 is 115. The van der Waals surface area contributed by atoms with Gasteiger partial charge < -0.3 is 0 Å². The number of benzene rings is 9. The lowest BCUT2D eigenvalue weighted by atomic mass is 9.85. The summed E-state index contributed by atoms with van der Waals surface area (Å²) in [5.74, 6) is 0. The molecule has 0 aliphatic rings. The predicted octanol–water partition coefficient (Wildman–Crippen LogP) is 12.5. The van der Waals surface area contributed by atoms with E-state index < -0.39 is 84.1 Å². The van der Waals surface area contributed by atoms with Gasteiger partial charge in [0.15, 0.2) is 0 Å². The van der Waals surface area contributed by atoms with Gasteiger partial charge in [-0.25, -0.2) is 0 Å². The molecule has 0 bridgehead atoms. The van der Waals surface area contributed by atoms with E-state index in [1.54, 1.807) is 6.07 Å². The number of rotatable bonds is 3. The average Bonchev–Trinajstić information content (AvgIpc) is 3.23. The molecule has 0 atom stereocenters. The van der Waals surface area contributed by atoms with E-state index in [4.69, 9.17) is 12.3 Å². The Kier molecular flexibility index (Phi) is 3.42. The van der Waals surface area contributed by atoms with Gasteiger partial charge in [0.05, 0.1) is 17.8 Å². The molecule has 0 heteroatoms. The first-order chi connectivity index (χ1) is 27.2. The van der Waals surface area contributed by atoms with Gasteiger partial charge in [-0.15, -0.1) is 0 Å². The fraction of sp³-hybridized carbons (Fsp3) is 0. The quantitative estimate of drug-likeness (QED) is 0.147. The topological polar surface area (TPSA) is 0 Å². The Morgan fingerprint density at radius 1 is 0.318 bits per heavy atom. The molecule has 0 saturated heterocycles. The van der Waals surface area contributed by atoms with Crippen molar-refractivity contribution in [3.63, 3.8) is 0 Å². The minimum Gasteiger partial charge on any atom is -0.0622 e. The summed E-state index contributed by atoms with van der Waals surface area (Å²) in [4.78, 5) is 0. The summed E-state index contributed by atoms with van der Waals surface area (Å²) in [5.41, 5.74) is 1.76. The summed E-state index contributed by atoms with van der Waals surface area (Å²) >= 11 is 0. The van der Waals surface area contributed by atoms with Gasteiger partial charge in [0.1, 0.15) is 0 Å². The monoisotopic (exact) mass is 569 g/mol. The molecule has 0 radical (unpaired) electrons. The third kappa shape index (κ3) is 3.85. The third-order valence-electron chi connectivity index (χ3n) is 8.33. The molecule has 9 rings (SSSR count). The first-order valence-electron chi connectivity index (χ1n) is 20.7. The molecule has 0 amide bonds. The van der Waals surface area contributed by atoms with Crippen LogP contribution in [0.5, 0.6) is 0 Å². The smallest absolute Gasteiger partial charge is 0.0622 e. The minimum absolute atomic E-state index is 0.0969. The number of hydrogen-bond acceptors (Lipinski definition) is 0. The van der Waals surface area contributed by atoms with Crippen LogP contribution in [0.3, 0.4) is 0 Å². The highest BCUT2D eigenvalue weighted by Gasteiger charge is 2.17. The standard InChI is InChI=1S/C44H28/c1-2-13-30(14-3-1)43-37-18-8-10-20-39(37)44(40-21-11-9-19-38(40)43)34-25-24-33-27-41(35-16-6-7-17-36(35)42(33)28-34)32-23-22-29-12-4-5-15-31(29)26-32/h1-28H/i1D,2D,3D,8D,9D,10D,11D,13D,14D,18D,19D,20D,21D. The number of hydrogen-bond donors (Lipinski definition) is 0. The Hall–Kier alpha value is -5.72. The van der Waals surface area contributed by atoms with E-state index in [0.29, 0.717) is 5.56 Å². The molecule has 9 aromatic rings. The summed E-state index contributed by atoms with van der Waals surface area (Å²) in [6.45, 7) is 0. The fourth-order valence-electron chi connectivity index (χ4n) is 6.39. The second-order valence-electron chi connectivity index (χ2n) is 10.7. The molecule has 0 aliphatic heterocycles. The van der Waals surface area contributed by atoms with E-state index in [-0.39, 0.29) is 32.7 Å². The molecule has 0 saturated carbocycles. The van der Waals surface area contributed by atoms with E-state index in [1.165, 1.54) is 0 Å². The maximum absolute atomic E-state index is 9.29. The van der Waals surface area contributed by atoms with Gasteiger partial charge in [-0.1, -0.05) is 151 Å². The zero-order valence-electron chi connectivity index (χ0n) is 36.2. The molecular weight excluding hydrogens is 528 g/mol. The van der Waals surface area contributed by atoms with Gasteiger partial charge in [0.25, 0.3) is 0 Å². The average molecular weight is 570 g/mol. The van der Waals surface area contributed by atoms with Gasteiger partial charge in [-0.05, 0) is 105 Å². The van der Waals surface area contributed by atoms with Gasteiger partial charge in [-0.3, -0.25) is 0 Å². The van der Waals surface area contributed by atoms with E-state index in [2.05, 4.69) is 36.4 Å². The highest BCUT2D eigenvalue weighted by atomic mass is 14.2. The molecule has 0 fully saturated rings. The highest BCUT2D eigenvalue weighted by molar-refractivity contribution is 6.22. The molecule has 9 aromatic carbocycles. The van der Waals surface area contributed by atoms with Crippen LogP contribution in [-0.4, -0.2) is 0 Å². The van der Waals surface area contributed by atoms with Crippen LogP contribution < -0.4 is 0 Å². The van der Waals surface area contributed by atoms with Crippen molar-refractivity contribution in [2.75, 3.05) is 0 Å². The third-order valence-corrected chi connectivity index (χ3v) is 8.33. The van der Waals surface area contributed by atoms with Crippen LogP contribution in [0.2, 0.25) is 0 Å². The van der Waals surface area contributed by atoms with Gasteiger partial charge >= 0.3 is 0 Å². The lowest BCUT2D eigenvalue weighted by molar-refractivity contribution is 1.66. The predicted molar refractivity (Wildman–Crippen MR) is 190 cm³/mol. The Balaban J connectivity index is 1.47. The van der Waals surface area contributed by atoms with Crippen LogP contribution in [0.15, 0.2) is 170 Å². The molecule has 0 unspecified atom stereocenters. The maximum Gasteiger partial charge on any atom is 0.0629 e. The fourth-order valence-corrected chi connectivity index (χ4v) is 6.39. The molecule has 0 nitrogen and oxygen atoms in total. The van der Waals surface area contributed by atoms with Crippen LogP contribution in [-0.2, 0) is 0 Å². The normalized spacial score (nSPS) is 15.8. The van der Waals surface area contributed by atoms with Crippen LogP contribution in [0.1, 0.15) is 17.8 Å². The van der Waals surface area contributed by atoms with Gasteiger partial charge in [-0.2, -0.15) is 0 Å². The van der Waals surface area contributed by atoms with Crippen molar-refractivity contribution >= 4 is 53.9 Å². The molecular formula is C44H28. The Morgan fingerprint density at radius 2 is 0.864 bits per heavy atom. The van der Waals surface area contributed by atoms with E-state index in [1.807, 2.05) is 48.5 Å². The first-order valence-corrected chi connectivity index (χ1v) is 14.2. The largest absolute Gasteiger partial charge is 0.0629 e. The lowest BCUT2D eigenvalue weighted by Crippen LogP contribution is -1.91.